The molecule has 0 aliphatic heterocycles. The van der Waals surface area contributed by atoms with E-state index in [0.29, 0.717) is 0 Å². The first-order valence-corrected chi connectivity index (χ1v) is 0. The largest absolute Gasteiger partial charge is 2.00 e. The second-order valence-corrected chi connectivity index (χ2v) is 0. The van der Waals surface area contributed by atoms with Crippen LogP contribution in [0.1, 0.15) is 2.85 Å². The predicted octanol–water partition coefficient (Wildman–Crippen LogP) is -1.72. The second-order valence-electron chi connectivity index (χ2n) is 0. The molecule has 0 unspecified atom stereocenters. The summed E-state index contributed by atoms with van der Waals surface area (Å²) < 4.78 is 0. The van der Waals surface area contributed by atoms with Gasteiger partial charge in [0.2, 0.25) is 0 Å². The van der Waals surface area contributed by atoms with Crippen molar-refractivity contribution in [2.45, 2.75) is 0 Å². The fourth-order valence-corrected chi connectivity index (χ4v) is 0. The Labute approximate surface area is 107 Å². The SMILES string of the molecule is [AlH3].[B].[H-].[H-].[La].[Sr+2]. The van der Waals surface area contributed by atoms with Gasteiger partial charge in [0.05, 0.1) is 0 Å². The minimum absolute atomic E-state index is 0. The molecule has 0 heterocycles. The topological polar surface area (TPSA) is 0 Å². The Morgan fingerprint density at radius 2 is 1.25 bits per heavy atom. The zero-order valence-electron chi connectivity index (χ0n) is 3.86. The molecular weight excluding hydrogens is 264 g/mol. The summed E-state index contributed by atoms with van der Waals surface area (Å²) in [6.07, 6.45) is 0. The number of rotatable bonds is 0. The standard InChI is InChI=1S/Al.B.La.Sr.5H/q;;;+2;;;;2*-1. The maximum Gasteiger partial charge on any atom is 2.00 e. The third-order valence-corrected chi connectivity index (χ3v) is 0. The van der Waals surface area contributed by atoms with Crippen molar-refractivity contribution in [1.82, 2.24) is 0 Å². The van der Waals surface area contributed by atoms with Crippen molar-refractivity contribution in [3.63, 3.8) is 0 Å². The minimum Gasteiger partial charge on any atom is -1.00 e. The monoisotopic (exact) mass is 270 g/mol. The summed E-state index contributed by atoms with van der Waals surface area (Å²) in [5, 5.41) is 0. The summed E-state index contributed by atoms with van der Waals surface area (Å²) in [5.41, 5.74) is 0. The average Bonchev–Trinajstić information content (AvgIpc) is 0. The molecule has 0 fully saturated rings. The van der Waals surface area contributed by atoms with Gasteiger partial charge in [0.25, 0.3) is 0 Å². The van der Waals surface area contributed by atoms with Crippen LogP contribution in [-0.2, 0) is 0 Å². The van der Waals surface area contributed by atoms with Gasteiger partial charge in [-0.15, -0.1) is 0 Å². The molecule has 0 rings (SSSR count). The van der Waals surface area contributed by atoms with Crippen LogP contribution in [-0.4, -0.2) is 71.3 Å². The third kappa shape index (κ3) is 8.99. The maximum absolute atomic E-state index is 0. The molecule has 0 nitrogen and oxygen atoms in total. The van der Waals surface area contributed by atoms with Crippen LogP contribution in [0, 0.1) is 35.6 Å². The first-order chi connectivity index (χ1) is 0. The zero-order valence-corrected chi connectivity index (χ0v) is 8.96. The van der Waals surface area contributed by atoms with Crippen molar-refractivity contribution >= 4 is 71.3 Å². The first-order valence-electron chi connectivity index (χ1n) is 0. The van der Waals surface area contributed by atoms with Gasteiger partial charge in [-0.3, -0.25) is 0 Å². The Hall–Kier alpha value is 3.27. The molecule has 0 N–H and O–H groups in total. The van der Waals surface area contributed by atoms with Gasteiger partial charge in [-0.1, -0.05) is 0 Å². The van der Waals surface area contributed by atoms with Gasteiger partial charge in [0, 0.05) is 44.0 Å². The second kappa shape index (κ2) is 16.3. The fraction of sp³-hybridized carbons (Fsp3) is 0. The van der Waals surface area contributed by atoms with Crippen LogP contribution in [0.4, 0.5) is 0 Å². The smallest absolute Gasteiger partial charge is 1.00 e. The molecule has 4 heteroatoms. The molecule has 16 valence electrons. The molecular formula is H5AlBLaSr. The van der Waals surface area contributed by atoms with Crippen LogP contribution in [0.15, 0.2) is 0 Å². The van der Waals surface area contributed by atoms with Crippen molar-refractivity contribution in [3.8, 4) is 0 Å². The van der Waals surface area contributed by atoms with Crippen molar-refractivity contribution in [1.29, 1.82) is 0 Å². The van der Waals surface area contributed by atoms with E-state index in [9.17, 15) is 0 Å². The Morgan fingerprint density at radius 3 is 1.25 bits per heavy atom. The van der Waals surface area contributed by atoms with Crippen molar-refractivity contribution in [3.05, 3.63) is 0 Å². The average molecular weight is 269 g/mol. The molecule has 0 aromatic heterocycles. The maximum atomic E-state index is 0. The van der Waals surface area contributed by atoms with Crippen molar-refractivity contribution < 1.29 is 38.5 Å². The molecule has 0 aromatic carbocycles. The van der Waals surface area contributed by atoms with E-state index in [2.05, 4.69) is 0 Å². The van der Waals surface area contributed by atoms with E-state index in [1.807, 2.05) is 0 Å². The van der Waals surface area contributed by atoms with Gasteiger partial charge < -0.3 is 2.85 Å². The van der Waals surface area contributed by atoms with Gasteiger partial charge in [0.15, 0.2) is 17.4 Å². The van der Waals surface area contributed by atoms with Crippen LogP contribution in [0.3, 0.4) is 0 Å². The molecule has 4 radical (unpaired) electrons. The number of hydrogen-bond donors (Lipinski definition) is 0. The van der Waals surface area contributed by atoms with Crippen LogP contribution in [0.5, 0.6) is 0 Å². The third-order valence-electron chi connectivity index (χ3n) is 0. The van der Waals surface area contributed by atoms with E-state index in [-0.39, 0.29) is 110 Å². The summed E-state index contributed by atoms with van der Waals surface area (Å²) in [6.45, 7) is 0. The van der Waals surface area contributed by atoms with Gasteiger partial charge in [-0.05, 0) is 0 Å². The van der Waals surface area contributed by atoms with E-state index in [4.69, 9.17) is 0 Å². The Bertz CT molecular complexity index is 13.5. The van der Waals surface area contributed by atoms with Crippen LogP contribution < -0.4 is 0 Å². The van der Waals surface area contributed by atoms with Crippen LogP contribution in [0.25, 0.3) is 0 Å². The minimum atomic E-state index is 0. The Balaban J connectivity index is 0. The van der Waals surface area contributed by atoms with Crippen LogP contribution >= 0.6 is 0 Å². The summed E-state index contributed by atoms with van der Waals surface area (Å²) >= 11 is 0. The molecule has 0 amide bonds. The molecule has 4 heavy (non-hydrogen) atoms. The van der Waals surface area contributed by atoms with Gasteiger partial charge in [0.1, 0.15) is 0 Å². The van der Waals surface area contributed by atoms with Gasteiger partial charge >= 0.3 is 45.5 Å². The normalized spacial score (nSPS) is 0. The fourth-order valence-electron chi connectivity index (χ4n) is 0. The predicted molar refractivity (Wildman–Crippen MR) is 23.7 cm³/mol. The van der Waals surface area contributed by atoms with E-state index in [1.54, 1.807) is 0 Å². The molecule has 0 aliphatic carbocycles. The van der Waals surface area contributed by atoms with E-state index < -0.39 is 0 Å². The number of hydrogen-bond acceptors (Lipinski definition) is 0. The first kappa shape index (κ1) is 26.7. The molecule has 0 spiro atoms. The summed E-state index contributed by atoms with van der Waals surface area (Å²) in [4.78, 5) is 0. The molecule has 0 saturated carbocycles. The van der Waals surface area contributed by atoms with Crippen molar-refractivity contribution in [2.24, 2.45) is 0 Å². The Kier molecular flexibility index (Phi) is 109. The van der Waals surface area contributed by atoms with Gasteiger partial charge in [-0.25, -0.2) is 0 Å². The molecule has 0 saturated heterocycles. The van der Waals surface area contributed by atoms with E-state index >= 15 is 0 Å². The Morgan fingerprint density at radius 1 is 1.25 bits per heavy atom. The zero-order chi connectivity index (χ0) is 0. The quantitative estimate of drug-likeness (QED) is 0.459. The molecule has 0 aromatic rings. The summed E-state index contributed by atoms with van der Waals surface area (Å²) in [5.74, 6) is 0. The molecule has 0 atom stereocenters. The van der Waals surface area contributed by atoms with Crippen molar-refractivity contribution in [2.75, 3.05) is 0 Å². The van der Waals surface area contributed by atoms with Crippen LogP contribution in [0.2, 0.25) is 0 Å². The van der Waals surface area contributed by atoms with Gasteiger partial charge in [-0.2, -0.15) is 0 Å². The molecule has 0 bridgehead atoms. The molecule has 0 aliphatic rings. The van der Waals surface area contributed by atoms with E-state index in [1.165, 1.54) is 0 Å². The van der Waals surface area contributed by atoms with E-state index in [0.717, 1.165) is 0 Å². The summed E-state index contributed by atoms with van der Waals surface area (Å²) in [6, 6.07) is 0. The summed E-state index contributed by atoms with van der Waals surface area (Å²) in [7, 11) is 0.